The predicted octanol–water partition coefficient (Wildman–Crippen LogP) is 1.17. The summed E-state index contributed by atoms with van der Waals surface area (Å²) in [6.07, 6.45) is 2.37. The summed E-state index contributed by atoms with van der Waals surface area (Å²) in [6.45, 7) is 4.60. The molecule has 2 N–H and O–H groups in total. The van der Waals surface area contributed by atoms with E-state index in [1.54, 1.807) is 0 Å². The molecule has 0 saturated carbocycles. The second-order valence-corrected chi connectivity index (χ2v) is 4.68. The van der Waals surface area contributed by atoms with Crippen molar-refractivity contribution in [1.82, 2.24) is 5.32 Å². The van der Waals surface area contributed by atoms with Gasteiger partial charge < -0.3 is 15.2 Å². The SMILES string of the molecule is CCCC(C)C(=O)NC1(C(=O)O)CCOCC1. The maximum absolute atomic E-state index is 11.9. The van der Waals surface area contributed by atoms with Crippen molar-refractivity contribution in [3.63, 3.8) is 0 Å². The second kappa shape index (κ2) is 6.00. The normalized spacial score (nSPS) is 20.6. The Morgan fingerprint density at radius 2 is 2.00 bits per heavy atom. The zero-order valence-corrected chi connectivity index (χ0v) is 10.5. The Labute approximate surface area is 102 Å². The largest absolute Gasteiger partial charge is 0.480 e. The zero-order chi connectivity index (χ0) is 12.9. The van der Waals surface area contributed by atoms with E-state index < -0.39 is 11.5 Å². The molecule has 5 heteroatoms. The third kappa shape index (κ3) is 3.43. The average molecular weight is 243 g/mol. The average Bonchev–Trinajstić information content (AvgIpc) is 2.30. The van der Waals surface area contributed by atoms with Gasteiger partial charge in [0, 0.05) is 32.0 Å². The van der Waals surface area contributed by atoms with Crippen molar-refractivity contribution in [2.24, 2.45) is 5.92 Å². The van der Waals surface area contributed by atoms with Crippen LogP contribution >= 0.6 is 0 Å². The van der Waals surface area contributed by atoms with Crippen molar-refractivity contribution in [2.75, 3.05) is 13.2 Å². The van der Waals surface area contributed by atoms with E-state index in [0.29, 0.717) is 26.1 Å². The molecule has 1 unspecified atom stereocenters. The van der Waals surface area contributed by atoms with Crippen LogP contribution in [0, 0.1) is 5.92 Å². The zero-order valence-electron chi connectivity index (χ0n) is 10.5. The third-order valence-electron chi connectivity index (χ3n) is 3.29. The van der Waals surface area contributed by atoms with E-state index in [1.807, 2.05) is 13.8 Å². The van der Waals surface area contributed by atoms with Crippen LogP contribution in [0.4, 0.5) is 0 Å². The molecule has 1 aliphatic rings. The van der Waals surface area contributed by atoms with E-state index in [4.69, 9.17) is 4.74 Å². The second-order valence-electron chi connectivity index (χ2n) is 4.68. The van der Waals surface area contributed by atoms with E-state index in [9.17, 15) is 14.7 Å². The first-order valence-corrected chi connectivity index (χ1v) is 6.15. The molecular formula is C12H21NO4. The van der Waals surface area contributed by atoms with Gasteiger partial charge in [-0.25, -0.2) is 4.79 Å². The van der Waals surface area contributed by atoms with Crippen LogP contribution in [0.1, 0.15) is 39.5 Å². The maximum atomic E-state index is 11.9. The molecule has 1 amide bonds. The molecule has 0 aromatic heterocycles. The van der Waals surface area contributed by atoms with Gasteiger partial charge in [0.05, 0.1) is 0 Å². The minimum absolute atomic E-state index is 0.140. The van der Waals surface area contributed by atoms with Gasteiger partial charge in [0.1, 0.15) is 5.54 Å². The Hall–Kier alpha value is -1.10. The third-order valence-corrected chi connectivity index (χ3v) is 3.29. The molecule has 1 fully saturated rings. The minimum Gasteiger partial charge on any atom is -0.480 e. The smallest absolute Gasteiger partial charge is 0.329 e. The summed E-state index contributed by atoms with van der Waals surface area (Å²) in [5, 5.41) is 12.0. The number of ether oxygens (including phenoxy) is 1. The van der Waals surface area contributed by atoms with Gasteiger partial charge in [0.15, 0.2) is 0 Å². The lowest BCUT2D eigenvalue weighted by Crippen LogP contribution is -2.58. The molecular weight excluding hydrogens is 222 g/mol. The quantitative estimate of drug-likeness (QED) is 0.760. The van der Waals surface area contributed by atoms with Crippen molar-refractivity contribution in [2.45, 2.75) is 45.1 Å². The summed E-state index contributed by atoms with van der Waals surface area (Å²) in [5.74, 6) is -1.27. The Balaban J connectivity index is 2.66. The summed E-state index contributed by atoms with van der Waals surface area (Å²) in [5.41, 5.74) is -1.13. The molecule has 1 rings (SSSR count). The fourth-order valence-corrected chi connectivity index (χ4v) is 2.04. The van der Waals surface area contributed by atoms with Gasteiger partial charge in [-0.05, 0) is 6.42 Å². The van der Waals surface area contributed by atoms with Crippen LogP contribution in [0.2, 0.25) is 0 Å². The highest BCUT2D eigenvalue weighted by Gasteiger charge is 2.42. The van der Waals surface area contributed by atoms with Gasteiger partial charge >= 0.3 is 5.97 Å². The number of carbonyl (C=O) groups is 2. The lowest BCUT2D eigenvalue weighted by molar-refractivity contribution is -0.152. The van der Waals surface area contributed by atoms with Gasteiger partial charge in [-0.15, -0.1) is 0 Å². The van der Waals surface area contributed by atoms with Crippen molar-refractivity contribution >= 4 is 11.9 Å². The van der Waals surface area contributed by atoms with Crippen LogP contribution < -0.4 is 5.32 Å². The highest BCUT2D eigenvalue weighted by Crippen LogP contribution is 2.22. The van der Waals surface area contributed by atoms with Crippen molar-refractivity contribution in [3.8, 4) is 0 Å². The lowest BCUT2D eigenvalue weighted by Gasteiger charge is -2.34. The molecule has 1 atom stereocenters. The number of aliphatic carboxylic acids is 1. The topological polar surface area (TPSA) is 75.6 Å². The summed E-state index contributed by atoms with van der Waals surface area (Å²) in [7, 11) is 0. The van der Waals surface area contributed by atoms with E-state index in [-0.39, 0.29) is 11.8 Å². The molecule has 1 heterocycles. The summed E-state index contributed by atoms with van der Waals surface area (Å²) in [4.78, 5) is 23.2. The molecule has 1 aliphatic heterocycles. The Morgan fingerprint density at radius 3 is 2.47 bits per heavy atom. The number of nitrogens with one attached hydrogen (secondary N) is 1. The highest BCUT2D eigenvalue weighted by molar-refractivity contribution is 5.88. The molecule has 1 saturated heterocycles. The first kappa shape index (κ1) is 14.0. The molecule has 0 aromatic rings. The van der Waals surface area contributed by atoms with Gasteiger partial charge in [-0.1, -0.05) is 20.3 Å². The molecule has 5 nitrogen and oxygen atoms in total. The number of carbonyl (C=O) groups excluding carboxylic acids is 1. The summed E-state index contributed by atoms with van der Waals surface area (Å²) >= 11 is 0. The summed E-state index contributed by atoms with van der Waals surface area (Å²) < 4.78 is 5.15. The number of hydrogen-bond acceptors (Lipinski definition) is 3. The van der Waals surface area contributed by atoms with Crippen molar-refractivity contribution < 1.29 is 19.4 Å². The number of carboxylic acids is 1. The van der Waals surface area contributed by atoms with Crippen molar-refractivity contribution in [1.29, 1.82) is 0 Å². The van der Waals surface area contributed by atoms with E-state index >= 15 is 0 Å². The monoisotopic (exact) mass is 243 g/mol. The number of rotatable bonds is 5. The van der Waals surface area contributed by atoms with Crippen molar-refractivity contribution in [3.05, 3.63) is 0 Å². The molecule has 0 aromatic carbocycles. The molecule has 98 valence electrons. The van der Waals surface area contributed by atoms with E-state index in [0.717, 1.165) is 12.8 Å². The fourth-order valence-electron chi connectivity index (χ4n) is 2.04. The minimum atomic E-state index is -1.13. The standard InChI is InChI=1S/C12H21NO4/c1-3-4-9(2)10(14)13-12(11(15)16)5-7-17-8-6-12/h9H,3-8H2,1-2H3,(H,13,14)(H,15,16). The van der Waals surface area contributed by atoms with Crippen LogP contribution in [0.3, 0.4) is 0 Å². The van der Waals surface area contributed by atoms with Gasteiger partial charge in [0.25, 0.3) is 0 Å². The van der Waals surface area contributed by atoms with Crippen LogP contribution in [0.25, 0.3) is 0 Å². The first-order valence-electron chi connectivity index (χ1n) is 6.15. The molecule has 17 heavy (non-hydrogen) atoms. The first-order chi connectivity index (χ1) is 8.02. The van der Waals surface area contributed by atoms with E-state index in [2.05, 4.69) is 5.32 Å². The molecule has 0 bridgehead atoms. The maximum Gasteiger partial charge on any atom is 0.329 e. The Bertz CT molecular complexity index is 284. The summed E-state index contributed by atoms with van der Waals surface area (Å²) in [6, 6.07) is 0. The van der Waals surface area contributed by atoms with Crippen LogP contribution in [0.5, 0.6) is 0 Å². The highest BCUT2D eigenvalue weighted by atomic mass is 16.5. The van der Waals surface area contributed by atoms with Gasteiger partial charge in [0.2, 0.25) is 5.91 Å². The number of carboxylic acid groups (broad SMARTS) is 1. The van der Waals surface area contributed by atoms with Crippen LogP contribution in [-0.4, -0.2) is 35.7 Å². The van der Waals surface area contributed by atoms with Crippen LogP contribution in [-0.2, 0) is 14.3 Å². The Morgan fingerprint density at radius 1 is 1.41 bits per heavy atom. The molecule has 0 spiro atoms. The van der Waals surface area contributed by atoms with E-state index in [1.165, 1.54) is 0 Å². The molecule has 0 aliphatic carbocycles. The lowest BCUT2D eigenvalue weighted by atomic mass is 9.89. The fraction of sp³-hybridized carbons (Fsp3) is 0.833. The van der Waals surface area contributed by atoms with Crippen LogP contribution in [0.15, 0.2) is 0 Å². The van der Waals surface area contributed by atoms with Gasteiger partial charge in [-0.2, -0.15) is 0 Å². The molecule has 0 radical (unpaired) electrons. The number of hydrogen-bond donors (Lipinski definition) is 2. The van der Waals surface area contributed by atoms with Gasteiger partial charge in [-0.3, -0.25) is 4.79 Å². The number of amides is 1. The Kier molecular flexibility index (Phi) is 4.93. The predicted molar refractivity (Wildman–Crippen MR) is 62.6 cm³/mol.